The van der Waals surface area contributed by atoms with Crippen LogP contribution in [0.2, 0.25) is 0 Å². The maximum atomic E-state index is 6.00. The number of rotatable bonds is 3. The van der Waals surface area contributed by atoms with Crippen molar-refractivity contribution < 1.29 is 0 Å². The second-order valence-corrected chi connectivity index (χ2v) is 5.75. The Morgan fingerprint density at radius 3 is 2.89 bits per heavy atom. The number of likely N-dealkylation sites (tertiary alicyclic amines) is 1. The first kappa shape index (κ1) is 13.4. The normalized spacial score (nSPS) is 18.3. The second-order valence-electron chi connectivity index (χ2n) is 4.83. The number of piperidine rings is 1. The van der Waals surface area contributed by atoms with Gasteiger partial charge in [0.25, 0.3) is 0 Å². The van der Waals surface area contributed by atoms with Crippen LogP contribution in [0.4, 0.5) is 0 Å². The Labute approximate surface area is 116 Å². The van der Waals surface area contributed by atoms with Gasteiger partial charge in [-0.1, -0.05) is 6.92 Å². The van der Waals surface area contributed by atoms with Crippen molar-refractivity contribution in [3.63, 3.8) is 0 Å². The highest BCUT2D eigenvalue weighted by Crippen LogP contribution is 2.15. The van der Waals surface area contributed by atoms with Crippen molar-refractivity contribution in [1.82, 2.24) is 14.7 Å². The van der Waals surface area contributed by atoms with Crippen molar-refractivity contribution in [3.05, 3.63) is 16.9 Å². The molecule has 0 atom stereocenters. The van der Waals surface area contributed by atoms with Crippen LogP contribution in [-0.4, -0.2) is 40.3 Å². The minimum absolute atomic E-state index is 0.673. The van der Waals surface area contributed by atoms with Crippen molar-refractivity contribution in [2.75, 3.05) is 19.6 Å². The van der Waals surface area contributed by atoms with Crippen LogP contribution in [0.25, 0.3) is 0 Å². The van der Waals surface area contributed by atoms with Gasteiger partial charge in [0, 0.05) is 19.3 Å². The molecule has 1 aromatic rings. The molecular formula is C12H20BrN5. The number of nitrogens with zero attached hydrogens (tertiary/aromatic N) is 4. The van der Waals surface area contributed by atoms with E-state index in [0.29, 0.717) is 12.5 Å². The van der Waals surface area contributed by atoms with Gasteiger partial charge in [0.15, 0.2) is 5.96 Å². The van der Waals surface area contributed by atoms with Gasteiger partial charge >= 0.3 is 0 Å². The topological polar surface area (TPSA) is 59.4 Å². The minimum atomic E-state index is 0.673. The van der Waals surface area contributed by atoms with Crippen LogP contribution in [0.1, 0.15) is 19.8 Å². The summed E-state index contributed by atoms with van der Waals surface area (Å²) >= 11 is 3.37. The van der Waals surface area contributed by atoms with Crippen LogP contribution in [0.3, 0.4) is 0 Å². The summed E-state index contributed by atoms with van der Waals surface area (Å²) in [5.41, 5.74) is 6.00. The maximum absolute atomic E-state index is 6.00. The lowest BCUT2D eigenvalue weighted by Gasteiger charge is -2.31. The zero-order chi connectivity index (χ0) is 13.0. The van der Waals surface area contributed by atoms with E-state index in [4.69, 9.17) is 5.73 Å². The molecule has 2 N–H and O–H groups in total. The van der Waals surface area contributed by atoms with Gasteiger partial charge < -0.3 is 10.6 Å². The fourth-order valence-electron chi connectivity index (χ4n) is 2.07. The third kappa shape index (κ3) is 3.73. The first-order chi connectivity index (χ1) is 8.65. The summed E-state index contributed by atoms with van der Waals surface area (Å²) in [6, 6.07) is 0. The Morgan fingerprint density at radius 1 is 1.56 bits per heavy atom. The van der Waals surface area contributed by atoms with Crippen LogP contribution in [0.15, 0.2) is 21.9 Å². The molecule has 0 bridgehead atoms. The highest BCUT2D eigenvalue weighted by Gasteiger charge is 2.16. The summed E-state index contributed by atoms with van der Waals surface area (Å²) in [7, 11) is 0. The average molecular weight is 314 g/mol. The molecule has 0 spiro atoms. The molecule has 0 aromatic carbocycles. The summed E-state index contributed by atoms with van der Waals surface area (Å²) in [5.74, 6) is 1.49. The third-order valence-corrected chi connectivity index (χ3v) is 3.72. The van der Waals surface area contributed by atoms with Crippen LogP contribution in [-0.2, 0) is 6.54 Å². The molecule has 1 saturated heterocycles. The van der Waals surface area contributed by atoms with E-state index < -0.39 is 0 Å². The van der Waals surface area contributed by atoms with Crippen molar-refractivity contribution in [3.8, 4) is 0 Å². The Hall–Kier alpha value is -1.04. The molecule has 1 aliphatic heterocycles. The zero-order valence-corrected chi connectivity index (χ0v) is 12.3. The number of aromatic nitrogens is 2. The van der Waals surface area contributed by atoms with Gasteiger partial charge in [0.05, 0.1) is 23.8 Å². The highest BCUT2D eigenvalue weighted by atomic mass is 79.9. The van der Waals surface area contributed by atoms with Crippen molar-refractivity contribution in [1.29, 1.82) is 0 Å². The quantitative estimate of drug-likeness (QED) is 0.682. The smallest absolute Gasteiger partial charge is 0.191 e. The molecule has 1 aromatic heterocycles. The van der Waals surface area contributed by atoms with Gasteiger partial charge in [-0.05, 0) is 34.7 Å². The lowest BCUT2D eigenvalue weighted by Crippen LogP contribution is -2.42. The van der Waals surface area contributed by atoms with Gasteiger partial charge in [-0.3, -0.25) is 9.67 Å². The lowest BCUT2D eigenvalue weighted by atomic mass is 10.00. The largest absolute Gasteiger partial charge is 0.370 e. The monoisotopic (exact) mass is 313 g/mol. The number of aliphatic imine (C=N–C) groups is 1. The molecule has 18 heavy (non-hydrogen) atoms. The summed E-state index contributed by atoms with van der Waals surface area (Å²) in [6.07, 6.45) is 6.14. The molecule has 1 fully saturated rings. The molecular weight excluding hydrogens is 294 g/mol. The molecule has 0 aliphatic carbocycles. The number of halogens is 1. The molecule has 1 aliphatic rings. The van der Waals surface area contributed by atoms with E-state index in [9.17, 15) is 0 Å². The Balaban J connectivity index is 1.78. The summed E-state index contributed by atoms with van der Waals surface area (Å²) in [4.78, 5) is 6.60. The molecule has 0 amide bonds. The van der Waals surface area contributed by atoms with Crippen molar-refractivity contribution >= 4 is 21.9 Å². The molecule has 2 heterocycles. The van der Waals surface area contributed by atoms with Crippen LogP contribution >= 0.6 is 15.9 Å². The van der Waals surface area contributed by atoms with Crippen LogP contribution < -0.4 is 5.73 Å². The van der Waals surface area contributed by atoms with Crippen molar-refractivity contribution in [2.45, 2.75) is 26.3 Å². The van der Waals surface area contributed by atoms with E-state index in [2.05, 4.69) is 37.8 Å². The molecule has 0 unspecified atom stereocenters. The second kappa shape index (κ2) is 6.22. The first-order valence-electron chi connectivity index (χ1n) is 6.38. The molecule has 100 valence electrons. The molecule has 0 saturated carbocycles. The van der Waals surface area contributed by atoms with Gasteiger partial charge in [-0.15, -0.1) is 0 Å². The highest BCUT2D eigenvalue weighted by molar-refractivity contribution is 9.10. The fourth-order valence-corrected chi connectivity index (χ4v) is 2.39. The fraction of sp³-hybridized carbons (Fsp3) is 0.667. The Bertz CT molecular complexity index is 406. The average Bonchev–Trinajstić information content (AvgIpc) is 2.76. The summed E-state index contributed by atoms with van der Waals surface area (Å²) < 4.78 is 2.85. The first-order valence-corrected chi connectivity index (χ1v) is 7.17. The van der Waals surface area contributed by atoms with Gasteiger partial charge in [-0.2, -0.15) is 5.10 Å². The van der Waals surface area contributed by atoms with E-state index in [1.54, 1.807) is 6.20 Å². The van der Waals surface area contributed by atoms with Gasteiger partial charge in [0.1, 0.15) is 0 Å². The van der Waals surface area contributed by atoms with E-state index in [0.717, 1.165) is 30.0 Å². The molecule has 5 nitrogen and oxygen atoms in total. The SMILES string of the molecule is CC1CCN(C(N)=NCCn2cc(Br)cn2)CC1. The Morgan fingerprint density at radius 2 is 2.28 bits per heavy atom. The van der Waals surface area contributed by atoms with Crippen molar-refractivity contribution in [2.24, 2.45) is 16.6 Å². The standard InChI is InChI=1S/C12H20BrN5/c1-10-2-5-17(6-3-10)12(14)15-4-7-18-9-11(13)8-16-18/h8-10H,2-7H2,1H3,(H2,14,15). The lowest BCUT2D eigenvalue weighted by molar-refractivity contribution is 0.277. The Kier molecular flexibility index (Phi) is 4.63. The predicted octanol–water partition coefficient (Wildman–Crippen LogP) is 1.69. The molecule has 6 heteroatoms. The number of hydrogen-bond acceptors (Lipinski definition) is 2. The van der Waals surface area contributed by atoms with E-state index in [-0.39, 0.29) is 0 Å². The van der Waals surface area contributed by atoms with E-state index >= 15 is 0 Å². The maximum Gasteiger partial charge on any atom is 0.191 e. The summed E-state index contributed by atoms with van der Waals surface area (Å²) in [5, 5.41) is 4.18. The van der Waals surface area contributed by atoms with E-state index in [1.807, 2.05) is 10.9 Å². The van der Waals surface area contributed by atoms with Gasteiger partial charge in [0.2, 0.25) is 0 Å². The van der Waals surface area contributed by atoms with Gasteiger partial charge in [-0.25, -0.2) is 0 Å². The molecule has 0 radical (unpaired) electrons. The number of nitrogens with two attached hydrogens (primary N) is 1. The van der Waals surface area contributed by atoms with Crippen LogP contribution in [0, 0.1) is 5.92 Å². The number of hydrogen-bond donors (Lipinski definition) is 1. The number of guanidine groups is 1. The van der Waals surface area contributed by atoms with Crippen LogP contribution in [0.5, 0.6) is 0 Å². The summed E-state index contributed by atoms with van der Waals surface area (Å²) in [6.45, 7) is 5.79. The third-order valence-electron chi connectivity index (χ3n) is 3.31. The predicted molar refractivity (Wildman–Crippen MR) is 76.4 cm³/mol. The minimum Gasteiger partial charge on any atom is -0.370 e. The zero-order valence-electron chi connectivity index (χ0n) is 10.7. The molecule has 2 rings (SSSR count). The van der Waals surface area contributed by atoms with E-state index in [1.165, 1.54) is 12.8 Å².